The van der Waals surface area contributed by atoms with Gasteiger partial charge in [-0.1, -0.05) is 131 Å². The van der Waals surface area contributed by atoms with Crippen molar-refractivity contribution in [1.82, 2.24) is 66.5 Å². The Bertz CT molecular complexity index is 5130. The number of thiol groups is 1. The first-order valence-electron chi connectivity index (χ1n) is 42.2. The molecule has 0 radical (unpaired) electrons. The molecule has 0 spiro atoms. The molecule has 0 saturated heterocycles. The van der Waals surface area contributed by atoms with E-state index in [1.165, 1.54) is 60.6 Å². The number of benzene rings is 5. The summed E-state index contributed by atoms with van der Waals surface area (Å²) in [7, 11) is 0. The highest BCUT2D eigenvalue weighted by molar-refractivity contribution is 7.80. The van der Waals surface area contributed by atoms with Crippen molar-refractivity contribution < 1.29 is 92.0 Å². The minimum atomic E-state index is -0.727. The molecule has 1 aliphatic heterocycles. The number of aliphatic hydroxyl groups is 1. The highest BCUT2D eigenvalue weighted by Gasteiger charge is 2.30. The van der Waals surface area contributed by atoms with Gasteiger partial charge in [-0.3, -0.25) is 67.1 Å². The van der Waals surface area contributed by atoms with Crippen LogP contribution < -0.4 is 59.2 Å². The lowest BCUT2D eigenvalue weighted by Crippen LogP contribution is -2.42. The summed E-state index contributed by atoms with van der Waals surface area (Å²) >= 11 is 3.95. The van der Waals surface area contributed by atoms with Crippen LogP contribution in [0.25, 0.3) is 22.3 Å². The Morgan fingerprint density at radius 1 is 0.446 bits per heavy atom. The van der Waals surface area contributed by atoms with Gasteiger partial charge in [0.1, 0.15) is 23.2 Å². The lowest BCUT2D eigenvalue weighted by atomic mass is 10.00. The molecule has 11 amide bonds. The number of aliphatic hydroxyl groups excluding tert-OH is 1. The molecule has 15 N–H and O–H groups in total. The fraction of sp³-hybridized carbons (Fsp3) is 0.418. The molecule has 7 atom stereocenters. The first-order valence-corrected chi connectivity index (χ1v) is 42.8. The van der Waals surface area contributed by atoms with E-state index in [0.29, 0.717) is 93.4 Å². The molecule has 4 heterocycles. The molecule has 704 valence electrons. The average Bonchev–Trinajstić information content (AvgIpc) is 1.63. The number of aromatic nitrogens is 6. The number of hydrogen-bond donors (Lipinski definition) is 15. The Morgan fingerprint density at radius 2 is 0.838 bits per heavy atom. The van der Waals surface area contributed by atoms with Crippen LogP contribution in [0.3, 0.4) is 0 Å². The summed E-state index contributed by atoms with van der Waals surface area (Å²) in [6.45, 7) is 22.3. The quantitative estimate of drug-likeness (QED) is 0.0130. The standard InChI is InChI=1S/C21H22N4O5.C15H18N2O2.C13H17NO3.C10H15N3O2.C10H20N2O2.C8H5N3O2.C7H13NO3.C7H13NO2S/c1-3-18(27)16(22-13(2)26)11-14-9-10-19(28)17(12-14)25-21(30)24(20(29)23-25)15-7-5-4-6-8-15;1-3-15(19)14(17-10(2)18)8-11-9-16-13-7-5-4-6-12(11)13;1-3-13(17)12(14-9(2)15)8-10-4-6-11(16)7-5-10;1-3-10(15)9(13-7(2)14)4-8-5-11-6-12-8;1-3-10(14)9(12-8(2)13)6-4-5-7-11;12-7-9-10-8(13)11(7)6-4-2-1-3-5-6;1-3-7(11)6(4-9)8-5(2)10;1-3-7(10)6(4-11)8-5(2)9/h4-10,12,16,28H,3,11H2,1-2H3,(H,22,26)(H,23,29);4-7,9,14,16H,3,8H2,1-2H3,(H,17,18);4-7,12,16H,3,8H2,1-2H3,(H,14,15);5-6,9H,3-4H2,1-2H3,(H,11,12)(H,13,14);9H,3-7,11H2,1-2H3,(H,12,13);1-5H;6,9H,3-4H2,1-2H3,(H,8,10);6,11H,3-4H2,1-2H3,(H,8,9)/t16-;14-;12-;2*9-;;2*6-/m00000.00/s1. The Labute approximate surface area is 759 Å². The van der Waals surface area contributed by atoms with Crippen LogP contribution in [0, 0.1) is 0 Å². The summed E-state index contributed by atoms with van der Waals surface area (Å²) in [5.41, 5.74) is 9.40. The number of azo groups is 1. The van der Waals surface area contributed by atoms with E-state index in [4.69, 9.17) is 15.9 Å². The number of amides is 11. The molecule has 5 aromatic carbocycles. The number of para-hydroxylation sites is 3. The van der Waals surface area contributed by atoms with E-state index in [2.05, 4.69) is 80.1 Å². The number of nitrogens with zero attached hydrogens (tertiary/aromatic N) is 6. The molecule has 0 unspecified atom stereocenters. The van der Waals surface area contributed by atoms with Crippen LogP contribution in [-0.4, -0.2) is 200 Å². The van der Waals surface area contributed by atoms with Crippen molar-refractivity contribution in [2.24, 2.45) is 16.0 Å². The summed E-state index contributed by atoms with van der Waals surface area (Å²) in [5, 5.41) is 56.0. The van der Waals surface area contributed by atoms with Crippen molar-refractivity contribution in [2.45, 2.75) is 229 Å². The normalized spacial score (nSPS) is 12.4. The van der Waals surface area contributed by atoms with Crippen molar-refractivity contribution in [3.63, 3.8) is 0 Å². The topological polar surface area (TPSA) is 576 Å². The molecule has 9 rings (SSSR count). The third-order valence-electron chi connectivity index (χ3n) is 18.7. The van der Waals surface area contributed by atoms with E-state index in [1.807, 2.05) is 37.4 Å². The van der Waals surface area contributed by atoms with Gasteiger partial charge < -0.3 is 68.2 Å². The second kappa shape index (κ2) is 60.8. The molecule has 0 fully saturated rings. The summed E-state index contributed by atoms with van der Waals surface area (Å²) in [4.78, 5) is 215. The van der Waals surface area contributed by atoms with Crippen LogP contribution in [0.2, 0.25) is 0 Å². The van der Waals surface area contributed by atoms with E-state index in [0.717, 1.165) is 54.7 Å². The van der Waals surface area contributed by atoms with Gasteiger partial charge in [-0.2, -0.15) is 17.3 Å². The lowest BCUT2D eigenvalue weighted by molar-refractivity contribution is -0.127. The van der Waals surface area contributed by atoms with Crippen LogP contribution >= 0.6 is 12.6 Å². The number of nitrogens with two attached hydrogens (primary N) is 1. The van der Waals surface area contributed by atoms with Crippen LogP contribution in [0.5, 0.6) is 11.5 Å². The molecule has 39 heteroatoms. The number of H-pyrrole nitrogens is 3. The Morgan fingerprint density at radius 3 is 1.28 bits per heavy atom. The number of carbonyl (C=O) groups is 16. The average molecular weight is 1820 g/mol. The van der Waals surface area contributed by atoms with Gasteiger partial charge in [0.05, 0.1) is 60.6 Å². The fourth-order valence-corrected chi connectivity index (χ4v) is 12.5. The van der Waals surface area contributed by atoms with Crippen molar-refractivity contribution in [1.29, 1.82) is 0 Å². The second-order valence-corrected chi connectivity index (χ2v) is 29.4. The number of aromatic amines is 3. The number of ketones is 7. The fourth-order valence-electron chi connectivity index (χ4n) is 12.2. The number of imidazole rings is 1. The van der Waals surface area contributed by atoms with Crippen molar-refractivity contribution in [3.8, 4) is 22.9 Å². The second-order valence-electron chi connectivity index (χ2n) is 29.0. The number of anilines is 1. The van der Waals surface area contributed by atoms with Gasteiger partial charge in [0, 0.05) is 141 Å². The number of phenols is 2. The Kier molecular flexibility index (Phi) is 52.5. The third-order valence-corrected chi connectivity index (χ3v) is 19.1. The number of carbonyl (C=O) groups excluding carboxylic acids is 16. The zero-order valence-corrected chi connectivity index (χ0v) is 76.7. The van der Waals surface area contributed by atoms with Gasteiger partial charge in [-0.05, 0) is 110 Å². The minimum Gasteiger partial charge on any atom is -0.508 e. The molecule has 3 aromatic heterocycles. The maximum absolute atomic E-state index is 12.8. The van der Waals surface area contributed by atoms with Crippen LogP contribution in [0.1, 0.15) is 184 Å². The van der Waals surface area contributed by atoms with Gasteiger partial charge in [0.15, 0.2) is 40.5 Å². The molecule has 1 aliphatic rings. The minimum absolute atomic E-state index is 0.00766. The van der Waals surface area contributed by atoms with E-state index in [-0.39, 0.29) is 125 Å². The van der Waals surface area contributed by atoms with E-state index in [1.54, 1.807) is 145 Å². The monoisotopic (exact) mass is 1820 g/mol. The van der Waals surface area contributed by atoms with Crippen molar-refractivity contribution in [3.05, 3.63) is 189 Å². The van der Waals surface area contributed by atoms with E-state index < -0.39 is 59.7 Å². The number of phenolic OH excluding ortho intramolecular Hbond substituents is 2. The molecule has 8 aromatic rings. The highest BCUT2D eigenvalue weighted by Crippen LogP contribution is 2.24. The number of hydrogen-bond acceptors (Lipinski definition) is 24. The largest absolute Gasteiger partial charge is 0.508 e. The predicted molar refractivity (Wildman–Crippen MR) is 492 cm³/mol. The highest BCUT2D eigenvalue weighted by atomic mass is 32.1. The zero-order valence-electron chi connectivity index (χ0n) is 75.8. The molecule has 0 aliphatic carbocycles. The summed E-state index contributed by atoms with van der Waals surface area (Å²) in [5.74, 6) is -1.30. The van der Waals surface area contributed by atoms with E-state index in [9.17, 15) is 91.4 Å². The number of nitrogens with one attached hydrogen (secondary N) is 10. The van der Waals surface area contributed by atoms with Crippen molar-refractivity contribution >= 4 is 123 Å². The molecule has 130 heavy (non-hydrogen) atoms. The first-order chi connectivity index (χ1) is 61.7. The SMILES string of the molecule is CCC(=O)[C@H](CCCCN)NC(C)=O.CCC(=O)[C@H](CO)NC(C)=O.CCC(=O)[C@H](CS)NC(C)=O.CCC(=O)[C@H](Cc1c[nH]c2ccccc12)NC(C)=O.CCC(=O)[C@H](Cc1ccc(O)c(-n2[nH]c(=O)n(-c3ccccc3)c2=O)c1)NC(C)=O.CCC(=O)[C@H](Cc1ccc(O)cc1)NC(C)=O.CCC(=O)[C@H](Cc1cnc[nH]1)NC(C)=O.O=C1N=NC(=O)N1c1ccccc1. The number of urea groups is 2. The van der Waals surface area contributed by atoms with Gasteiger partial charge in [-0.25, -0.2) is 38.7 Å². The van der Waals surface area contributed by atoms with Gasteiger partial charge in [0.2, 0.25) is 41.4 Å². The number of fused-ring (bicyclic) bond motifs is 1. The maximum Gasteiger partial charge on any atom is 0.375 e. The number of imide groups is 1. The van der Waals surface area contributed by atoms with Gasteiger partial charge in [-0.15, -0.1) is 0 Å². The maximum atomic E-state index is 12.8. The molecular weight excluding hydrogens is 1700 g/mol. The Balaban J connectivity index is 0.000000516. The first kappa shape index (κ1) is 112. The zero-order chi connectivity index (χ0) is 97.7. The molecule has 38 nitrogen and oxygen atoms in total. The smallest absolute Gasteiger partial charge is 0.375 e. The summed E-state index contributed by atoms with van der Waals surface area (Å²) in [6, 6.07) is 31.1. The van der Waals surface area contributed by atoms with E-state index >= 15 is 0 Å². The molecular formula is C91H123N17O21S. The molecule has 0 saturated carbocycles. The van der Waals surface area contributed by atoms with Gasteiger partial charge in [0.25, 0.3) is 0 Å². The Hall–Kier alpha value is -13.8. The number of aromatic hydroxyl groups is 2. The predicted octanol–water partition coefficient (Wildman–Crippen LogP) is 7.76. The summed E-state index contributed by atoms with van der Waals surface area (Å²) < 4.78 is 1.90. The van der Waals surface area contributed by atoms with Crippen molar-refractivity contribution in [2.75, 3.05) is 23.8 Å². The number of rotatable bonds is 38. The molecule has 0 bridgehead atoms. The van der Waals surface area contributed by atoms with Crippen LogP contribution in [0.4, 0.5) is 15.3 Å². The van der Waals surface area contributed by atoms with Gasteiger partial charge >= 0.3 is 23.4 Å². The third kappa shape index (κ3) is 41.3. The number of Topliss-reactive ketones (excluding diaryl/α,β-unsaturated/α-hetero) is 7. The summed E-state index contributed by atoms with van der Waals surface area (Å²) in [6.07, 6.45) is 11.9. The number of unbranched alkanes of at least 4 members (excludes halogenated alkanes) is 1. The van der Waals surface area contributed by atoms with Crippen LogP contribution in [-0.2, 0) is 92.8 Å². The van der Waals surface area contributed by atoms with Crippen LogP contribution in [0.15, 0.2) is 166 Å². The lowest BCUT2D eigenvalue weighted by Gasteiger charge is -2.17.